The smallest absolute Gasteiger partial charge is 0.339 e. The number of amides is 3. The van der Waals surface area contributed by atoms with Crippen LogP contribution in [0.5, 0.6) is 0 Å². The highest BCUT2D eigenvalue weighted by atomic mass is 35.5. The molecule has 0 fully saturated rings. The Bertz CT molecular complexity index is 1640. The van der Waals surface area contributed by atoms with Gasteiger partial charge in [-0.15, -0.1) is 11.6 Å². The number of hydrogen-bond acceptors (Lipinski definition) is 4. The molecule has 4 aromatic rings. The highest BCUT2D eigenvalue weighted by Gasteiger charge is 2.45. The van der Waals surface area contributed by atoms with Crippen molar-refractivity contribution in [2.45, 2.75) is 25.1 Å². The van der Waals surface area contributed by atoms with E-state index in [2.05, 4.69) is 15.7 Å². The Kier molecular flexibility index (Phi) is 8.04. The average Bonchev–Trinajstić information content (AvgIpc) is 3.42. The lowest BCUT2D eigenvalue weighted by molar-refractivity contribution is -0.137. The molecule has 1 aliphatic rings. The molecule has 0 aliphatic carbocycles. The number of nitrogens with one attached hydrogen (secondary N) is 2. The molecule has 5 rings (SSSR count). The first kappa shape index (κ1) is 28.9. The Morgan fingerprint density at radius 3 is 2.38 bits per heavy atom. The Labute approximate surface area is 244 Å². The summed E-state index contributed by atoms with van der Waals surface area (Å²) in [5.41, 5.74) is 0.874. The molecule has 0 bridgehead atoms. The van der Waals surface area contributed by atoms with Crippen LogP contribution in [0.25, 0.3) is 5.69 Å². The summed E-state index contributed by atoms with van der Waals surface area (Å²) in [5, 5.41) is 9.99. The second kappa shape index (κ2) is 11.7. The second-order valence-electron chi connectivity index (χ2n) is 9.53. The topological polar surface area (TPSA) is 96.3 Å². The summed E-state index contributed by atoms with van der Waals surface area (Å²) in [6.45, 7) is 1.99. The average molecular weight is 596 g/mol. The van der Waals surface area contributed by atoms with Gasteiger partial charge in [-0.1, -0.05) is 42.5 Å². The molecule has 216 valence electrons. The normalized spacial score (nSPS) is 16.6. The minimum atomic E-state index is -4.65. The van der Waals surface area contributed by atoms with Gasteiger partial charge in [0.1, 0.15) is 17.7 Å². The third-order valence-corrected chi connectivity index (χ3v) is 7.22. The van der Waals surface area contributed by atoms with E-state index in [4.69, 9.17) is 11.6 Å². The summed E-state index contributed by atoms with van der Waals surface area (Å²) >= 11 is 5.74. The summed E-state index contributed by atoms with van der Waals surface area (Å²) in [4.78, 5) is 41.3. The molecule has 8 nitrogen and oxygen atoms in total. The Hall–Kier alpha value is -4.64. The maximum absolute atomic E-state index is 14.1. The fourth-order valence-corrected chi connectivity index (χ4v) is 5.19. The van der Waals surface area contributed by atoms with Gasteiger partial charge in [0.05, 0.1) is 17.4 Å². The number of para-hydroxylation sites is 2. The fourth-order valence-electron chi connectivity index (χ4n) is 5.12. The van der Waals surface area contributed by atoms with Gasteiger partial charge in [-0.25, -0.2) is 4.68 Å². The van der Waals surface area contributed by atoms with Gasteiger partial charge < -0.3 is 10.6 Å². The molecule has 2 N–H and O–H groups in total. The maximum atomic E-state index is 14.1. The first-order chi connectivity index (χ1) is 20.1. The Morgan fingerprint density at radius 1 is 0.976 bits per heavy atom. The van der Waals surface area contributed by atoms with Gasteiger partial charge in [0.15, 0.2) is 0 Å². The van der Waals surface area contributed by atoms with Crippen molar-refractivity contribution in [3.63, 3.8) is 0 Å². The molecule has 0 spiro atoms. The molecule has 0 unspecified atom stereocenters. The van der Waals surface area contributed by atoms with Gasteiger partial charge in [0.25, 0.3) is 11.8 Å². The summed E-state index contributed by atoms with van der Waals surface area (Å²) < 4.78 is 41.7. The van der Waals surface area contributed by atoms with E-state index < -0.39 is 41.4 Å². The molecule has 2 heterocycles. The monoisotopic (exact) mass is 595 g/mol. The number of carbonyl (C=O) groups is 3. The van der Waals surface area contributed by atoms with Crippen LogP contribution >= 0.6 is 11.6 Å². The third kappa shape index (κ3) is 5.47. The number of fused-ring (bicyclic) bond motifs is 1. The predicted octanol–water partition coefficient (Wildman–Crippen LogP) is 5.37. The SMILES string of the molecule is CCN1C(=O)[C@H](NC(=O)c2cccc(C(F)(F)F)c2)[C@@H](c2ccccc2NC(=O)CCl)c2cnn(-c3ccccc3)c21. The van der Waals surface area contributed by atoms with Crippen LogP contribution in [0.3, 0.4) is 0 Å². The van der Waals surface area contributed by atoms with Crippen LogP contribution in [0.1, 0.15) is 39.9 Å². The molecule has 12 heteroatoms. The molecule has 1 aliphatic heterocycles. The summed E-state index contributed by atoms with van der Waals surface area (Å²) in [6, 6.07) is 18.7. The molecule has 3 aromatic carbocycles. The zero-order chi connectivity index (χ0) is 30.0. The van der Waals surface area contributed by atoms with Crippen molar-refractivity contribution in [3.05, 3.63) is 107 Å². The molecule has 2 atom stereocenters. The van der Waals surface area contributed by atoms with Crippen molar-refractivity contribution >= 4 is 40.8 Å². The number of nitrogens with zero attached hydrogens (tertiary/aromatic N) is 3. The molecule has 0 radical (unpaired) electrons. The van der Waals surface area contributed by atoms with Crippen molar-refractivity contribution in [2.75, 3.05) is 22.6 Å². The number of hydrogen-bond donors (Lipinski definition) is 2. The van der Waals surface area contributed by atoms with Crippen LogP contribution in [-0.4, -0.2) is 46.0 Å². The fraction of sp³-hybridized carbons (Fsp3) is 0.200. The molecular weight excluding hydrogens is 571 g/mol. The predicted molar refractivity (Wildman–Crippen MR) is 152 cm³/mol. The van der Waals surface area contributed by atoms with E-state index in [9.17, 15) is 27.6 Å². The zero-order valence-electron chi connectivity index (χ0n) is 22.2. The highest BCUT2D eigenvalue weighted by molar-refractivity contribution is 6.29. The first-order valence-electron chi connectivity index (χ1n) is 13.0. The van der Waals surface area contributed by atoms with Gasteiger partial charge >= 0.3 is 6.18 Å². The molecule has 3 amide bonds. The second-order valence-corrected chi connectivity index (χ2v) is 9.80. The number of rotatable bonds is 7. The quantitative estimate of drug-likeness (QED) is 0.281. The zero-order valence-corrected chi connectivity index (χ0v) is 23.0. The number of alkyl halides is 4. The van der Waals surface area contributed by atoms with Gasteiger partial charge in [0, 0.05) is 29.3 Å². The van der Waals surface area contributed by atoms with Gasteiger partial charge in [-0.2, -0.15) is 18.3 Å². The standard InChI is InChI=1S/C30H25ClF3N5O3/c1-2-38-28-22(17-35-39(28)20-11-4-3-5-12-20)25(21-13-6-7-14-23(21)36-24(40)16-31)26(29(38)42)37-27(41)18-9-8-10-19(15-18)30(32,33)34/h3-15,17,25-26H,2,16H2,1H3,(H,36,40)(H,37,41)/t25-,26+/m0/s1. The van der Waals surface area contributed by atoms with Gasteiger partial charge in [0.2, 0.25) is 5.91 Å². The summed E-state index contributed by atoms with van der Waals surface area (Å²) in [6.07, 6.45) is -3.06. The summed E-state index contributed by atoms with van der Waals surface area (Å²) in [5.74, 6) is -2.54. The van der Waals surface area contributed by atoms with Crippen LogP contribution in [0.4, 0.5) is 24.7 Å². The Morgan fingerprint density at radius 2 is 1.69 bits per heavy atom. The van der Waals surface area contributed by atoms with E-state index in [1.54, 1.807) is 42.1 Å². The van der Waals surface area contributed by atoms with Crippen molar-refractivity contribution in [3.8, 4) is 5.69 Å². The third-order valence-electron chi connectivity index (χ3n) is 6.97. The van der Waals surface area contributed by atoms with Crippen molar-refractivity contribution < 1.29 is 27.6 Å². The van der Waals surface area contributed by atoms with Gasteiger partial charge in [-0.05, 0) is 48.9 Å². The van der Waals surface area contributed by atoms with E-state index in [1.165, 1.54) is 11.0 Å². The van der Waals surface area contributed by atoms with Crippen LogP contribution < -0.4 is 15.5 Å². The van der Waals surface area contributed by atoms with Crippen LogP contribution in [0.15, 0.2) is 85.1 Å². The lowest BCUT2D eigenvalue weighted by Crippen LogP contribution is -2.55. The van der Waals surface area contributed by atoms with Crippen molar-refractivity contribution in [2.24, 2.45) is 0 Å². The van der Waals surface area contributed by atoms with Crippen molar-refractivity contribution in [1.29, 1.82) is 0 Å². The minimum Gasteiger partial charge on any atom is -0.339 e. The Balaban J connectivity index is 1.66. The number of carbonyl (C=O) groups excluding carboxylic acids is 3. The molecule has 1 aromatic heterocycles. The lowest BCUT2D eigenvalue weighted by Gasteiger charge is -2.38. The van der Waals surface area contributed by atoms with E-state index in [-0.39, 0.29) is 18.0 Å². The molecular formula is C30H25ClF3N5O3. The minimum absolute atomic E-state index is 0.220. The molecule has 0 saturated heterocycles. The van der Waals surface area contributed by atoms with Crippen LogP contribution in [0, 0.1) is 0 Å². The lowest BCUT2D eigenvalue weighted by atomic mass is 9.81. The van der Waals surface area contributed by atoms with Crippen molar-refractivity contribution in [1.82, 2.24) is 15.1 Å². The van der Waals surface area contributed by atoms with E-state index in [0.29, 0.717) is 28.3 Å². The number of anilines is 2. The van der Waals surface area contributed by atoms with E-state index in [0.717, 1.165) is 18.2 Å². The van der Waals surface area contributed by atoms with E-state index >= 15 is 0 Å². The summed E-state index contributed by atoms with van der Waals surface area (Å²) in [7, 11) is 0. The van der Waals surface area contributed by atoms with Crippen LogP contribution in [0.2, 0.25) is 0 Å². The first-order valence-corrected chi connectivity index (χ1v) is 13.5. The molecule has 42 heavy (non-hydrogen) atoms. The van der Waals surface area contributed by atoms with Gasteiger partial charge in [-0.3, -0.25) is 19.3 Å². The number of benzene rings is 3. The maximum Gasteiger partial charge on any atom is 0.416 e. The number of likely N-dealkylation sites (N-methyl/N-ethyl adjacent to an activating group) is 1. The number of halogens is 4. The van der Waals surface area contributed by atoms with Crippen LogP contribution in [-0.2, 0) is 15.8 Å². The number of aromatic nitrogens is 2. The molecule has 0 saturated carbocycles. The highest BCUT2D eigenvalue weighted by Crippen LogP contribution is 2.43. The largest absolute Gasteiger partial charge is 0.416 e. The van der Waals surface area contributed by atoms with E-state index in [1.807, 2.05) is 30.3 Å².